The molecule has 5 rings (SSSR count). The van der Waals surface area contributed by atoms with Crippen molar-refractivity contribution in [3.8, 4) is 23.0 Å². The molecule has 3 heterocycles. The van der Waals surface area contributed by atoms with E-state index in [1.54, 1.807) is 46.8 Å². The number of unbranched alkanes of at least 4 members (excludes halogenated alkanes) is 6. The number of hydrogen-bond donors (Lipinski definition) is 6. The molecule has 2 aromatic rings. The minimum absolute atomic E-state index is 0.0633. The maximum absolute atomic E-state index is 14.6. The number of phenols is 3. The van der Waals surface area contributed by atoms with Gasteiger partial charge in [-0.25, -0.2) is 0 Å². The van der Waals surface area contributed by atoms with Gasteiger partial charge in [-0.1, -0.05) is 98.3 Å². The minimum atomic E-state index is -2.05. The molecule has 0 fully saturated rings. The lowest BCUT2D eigenvalue weighted by molar-refractivity contribution is -0.160. The van der Waals surface area contributed by atoms with E-state index in [2.05, 4.69) is 19.2 Å². The van der Waals surface area contributed by atoms with E-state index in [1.807, 2.05) is 5.01 Å². The van der Waals surface area contributed by atoms with Crippen LogP contribution in [0.5, 0.6) is 23.0 Å². The van der Waals surface area contributed by atoms with Crippen molar-refractivity contribution in [1.82, 2.24) is 5.01 Å². The van der Waals surface area contributed by atoms with Crippen LogP contribution in [0.15, 0.2) is 41.2 Å². The number of esters is 1. The summed E-state index contributed by atoms with van der Waals surface area (Å²) in [6.45, 7) is 18.1. The molecule has 3 aliphatic heterocycles. The van der Waals surface area contributed by atoms with E-state index in [0.29, 0.717) is 13.1 Å². The molecule has 9 atom stereocenters. The van der Waals surface area contributed by atoms with Crippen LogP contribution < -0.4 is 10.1 Å². The van der Waals surface area contributed by atoms with Crippen molar-refractivity contribution in [3.05, 3.63) is 52.8 Å². The molecular weight excluding hydrogens is 835 g/mol. The third-order valence-corrected chi connectivity index (χ3v) is 12.9. The highest BCUT2D eigenvalue weighted by Gasteiger charge is 2.50. The lowest BCUT2D eigenvalue weighted by Gasteiger charge is -2.38. The standard InChI is InChI=1S/C50H73N3O12/c1-12-14-16-18-24-53(25-19-17-15-13-2)51-27-35-40-45(59)38-37(44(35)58)39-47(33(8)43(38)57)65-50(10,48(39)60)63-26-23-36(62-11)30(5)46(64-34(9)54)32(7)42(56)31(6)41(55)28(3)21-20-22-29(4)49(61)52-40/h20-23,26-28,30-32,36,41-42,46,55-59H,12-19,24-25H2,1-11H3,(H,52,61)/t28-,30-,31+,32+,36-,41-,42+,46-,50-/m0/s1. The van der Waals surface area contributed by atoms with Crippen molar-refractivity contribution in [2.24, 2.45) is 28.8 Å². The summed E-state index contributed by atoms with van der Waals surface area (Å²) in [7, 11) is 1.45. The molecule has 0 saturated carbocycles. The summed E-state index contributed by atoms with van der Waals surface area (Å²) in [4.78, 5) is 40.9. The van der Waals surface area contributed by atoms with Crippen LogP contribution in [-0.2, 0) is 23.8 Å². The van der Waals surface area contributed by atoms with E-state index in [1.165, 1.54) is 52.5 Å². The predicted molar refractivity (Wildman–Crippen MR) is 251 cm³/mol. The van der Waals surface area contributed by atoms with Crippen molar-refractivity contribution < 1.29 is 58.9 Å². The Kier molecular flexibility index (Phi) is 18.9. The predicted octanol–water partition coefficient (Wildman–Crippen LogP) is 8.55. The molecule has 1 amide bonds. The van der Waals surface area contributed by atoms with Crippen molar-refractivity contribution in [2.45, 2.75) is 151 Å². The van der Waals surface area contributed by atoms with E-state index in [4.69, 9.17) is 24.0 Å². The number of aliphatic hydroxyl groups excluding tert-OH is 2. The second kappa shape index (κ2) is 23.4. The lowest BCUT2D eigenvalue weighted by atomic mass is 9.78. The van der Waals surface area contributed by atoms with E-state index in [-0.39, 0.29) is 44.5 Å². The molecule has 15 heteroatoms. The number of aromatic hydroxyl groups is 3. The number of hydrogen-bond acceptors (Lipinski definition) is 14. The van der Waals surface area contributed by atoms with Gasteiger partial charge in [-0.3, -0.25) is 19.4 Å². The largest absolute Gasteiger partial charge is 0.507 e. The second-order valence-electron chi connectivity index (χ2n) is 17.9. The smallest absolute Gasteiger partial charge is 0.312 e. The first-order valence-electron chi connectivity index (χ1n) is 23.1. The van der Waals surface area contributed by atoms with Crippen molar-refractivity contribution in [3.63, 3.8) is 0 Å². The van der Waals surface area contributed by atoms with Gasteiger partial charge in [-0.2, -0.15) is 5.10 Å². The summed E-state index contributed by atoms with van der Waals surface area (Å²) in [5.74, 6) is -8.29. The fourth-order valence-corrected chi connectivity index (χ4v) is 8.68. The highest BCUT2D eigenvalue weighted by Crippen LogP contribution is 2.55. The number of amides is 1. The molecular formula is C50H73N3O12. The quantitative estimate of drug-likeness (QED) is 0.0262. The van der Waals surface area contributed by atoms with Gasteiger partial charge < -0.3 is 49.8 Å². The number of ketones is 1. The third kappa shape index (κ3) is 12.0. The van der Waals surface area contributed by atoms with Gasteiger partial charge in [0.1, 0.15) is 23.4 Å². The van der Waals surface area contributed by atoms with Crippen LogP contribution in [0.25, 0.3) is 10.8 Å². The van der Waals surface area contributed by atoms with Crippen LogP contribution in [0, 0.1) is 30.6 Å². The molecule has 0 unspecified atom stereocenters. The molecule has 2 aromatic carbocycles. The van der Waals surface area contributed by atoms with Crippen molar-refractivity contribution in [1.29, 1.82) is 0 Å². The molecule has 5 bridgehead atoms. The highest BCUT2D eigenvalue weighted by atomic mass is 16.7. The summed E-state index contributed by atoms with van der Waals surface area (Å²) in [5, 5.41) is 68.0. The first kappa shape index (κ1) is 52.5. The van der Waals surface area contributed by atoms with Crippen molar-refractivity contribution >= 4 is 40.3 Å². The molecule has 3 aliphatic rings. The SMILES string of the molecule is CCCCCCN(CCCCCC)N=Cc1c2c(O)c3c(O)c(C)c4c(c3c1O)C(=O)[C@@](C)(OC=C[C@H](OC)[C@H](C)[C@H](OC(C)=O)[C@H](C)[C@H](O)[C@H](C)[C@@H](O)[C@@H](C)C=CC=C(C)C(=O)N2)O4. The summed E-state index contributed by atoms with van der Waals surface area (Å²) in [6.07, 6.45) is 13.0. The molecule has 0 aliphatic carbocycles. The minimum Gasteiger partial charge on any atom is -0.507 e. The van der Waals surface area contributed by atoms with Gasteiger partial charge in [-0.15, -0.1) is 0 Å². The normalized spacial score (nSPS) is 26.6. The van der Waals surface area contributed by atoms with Crippen LogP contribution in [-0.4, -0.2) is 105 Å². The Bertz CT molecular complexity index is 2120. The van der Waals surface area contributed by atoms with Gasteiger partial charge in [0, 0.05) is 74.2 Å². The van der Waals surface area contributed by atoms with Crippen LogP contribution in [0.1, 0.15) is 135 Å². The Morgan fingerprint density at radius 1 is 0.877 bits per heavy atom. The number of nitrogens with zero attached hydrogens (tertiary/aromatic N) is 2. The number of benzene rings is 2. The topological polar surface area (TPSA) is 217 Å². The summed E-state index contributed by atoms with van der Waals surface area (Å²) in [6, 6.07) is 0. The maximum atomic E-state index is 14.6. The number of fused-ring (bicyclic) bond motifs is 14. The number of hydrazone groups is 1. The van der Waals surface area contributed by atoms with Gasteiger partial charge in [0.25, 0.3) is 11.7 Å². The molecule has 0 radical (unpaired) electrons. The fourth-order valence-electron chi connectivity index (χ4n) is 8.68. The number of ether oxygens (including phenoxy) is 4. The number of nitrogens with one attached hydrogen (secondary N) is 1. The number of carbonyl (C=O) groups excluding carboxylic acids is 3. The summed E-state index contributed by atoms with van der Waals surface area (Å²) >= 11 is 0. The van der Waals surface area contributed by atoms with E-state index in [0.717, 1.165) is 51.4 Å². The molecule has 0 saturated heterocycles. The Morgan fingerprint density at radius 3 is 2.09 bits per heavy atom. The van der Waals surface area contributed by atoms with Gasteiger partial charge in [-0.05, 0) is 32.8 Å². The maximum Gasteiger partial charge on any atom is 0.312 e. The molecule has 15 nitrogen and oxygen atoms in total. The van der Waals surface area contributed by atoms with Crippen LogP contribution in [0.3, 0.4) is 0 Å². The zero-order valence-corrected chi connectivity index (χ0v) is 40.1. The molecule has 0 spiro atoms. The number of anilines is 1. The number of allylic oxidation sites excluding steroid dienone is 2. The van der Waals surface area contributed by atoms with Crippen molar-refractivity contribution in [2.75, 3.05) is 25.5 Å². The molecule has 0 aromatic heterocycles. The summed E-state index contributed by atoms with van der Waals surface area (Å²) < 4.78 is 23.8. The first-order valence-corrected chi connectivity index (χ1v) is 23.1. The van der Waals surface area contributed by atoms with Gasteiger partial charge in [0.2, 0.25) is 0 Å². The van der Waals surface area contributed by atoms with Crippen LogP contribution in [0.2, 0.25) is 0 Å². The first-order chi connectivity index (χ1) is 30.8. The third-order valence-electron chi connectivity index (χ3n) is 12.9. The number of aliphatic hydroxyl groups is 2. The number of Topliss-reactive ketones (excluding diaryl/α,β-unsaturated/α-hetero) is 1. The zero-order chi connectivity index (χ0) is 48.3. The highest BCUT2D eigenvalue weighted by molar-refractivity contribution is 6.23. The Labute approximate surface area is 384 Å². The monoisotopic (exact) mass is 908 g/mol. The average molecular weight is 908 g/mol. The van der Waals surface area contributed by atoms with Gasteiger partial charge in [0.15, 0.2) is 5.75 Å². The number of carbonyl (C=O) groups is 3. The van der Waals surface area contributed by atoms with E-state index >= 15 is 0 Å². The molecule has 6 N–H and O–H groups in total. The van der Waals surface area contributed by atoms with Crippen LogP contribution >= 0.6 is 0 Å². The Hall–Kier alpha value is -5.12. The average Bonchev–Trinajstić information content (AvgIpc) is 3.54. The Morgan fingerprint density at radius 2 is 1.51 bits per heavy atom. The number of methoxy groups -OCH3 is 1. The van der Waals surface area contributed by atoms with Gasteiger partial charge in [0.05, 0.1) is 53.0 Å². The second-order valence-corrected chi connectivity index (χ2v) is 17.9. The van der Waals surface area contributed by atoms with E-state index in [9.17, 15) is 39.9 Å². The fraction of sp³-hybridized carbons (Fsp3) is 0.600. The molecule has 360 valence electrons. The van der Waals surface area contributed by atoms with Gasteiger partial charge >= 0.3 is 11.8 Å². The van der Waals surface area contributed by atoms with Crippen LogP contribution in [0.4, 0.5) is 5.69 Å². The Balaban J connectivity index is 1.97. The van der Waals surface area contributed by atoms with E-state index < -0.39 is 88.8 Å². The lowest BCUT2D eigenvalue weighted by Crippen LogP contribution is -2.46. The number of rotatable bonds is 14. The molecule has 65 heavy (non-hydrogen) atoms. The summed E-state index contributed by atoms with van der Waals surface area (Å²) in [5.41, 5.74) is -0.286. The zero-order valence-electron chi connectivity index (χ0n) is 40.1. The number of phenolic OH excluding ortho intramolecular Hbond substituents is 3.